The Morgan fingerprint density at radius 3 is 2.62 bits per heavy atom. The number of hydrogen-bond acceptors (Lipinski definition) is 6. The standard InChI is InChI=1S/C21H19FN2O4S/c1-13-11-17(24-28-13)12-29-19-6-4-3-5-18(19)21(26)27-14(2)20(25)23-16-9-7-15(22)8-10-16/h3-11,14H,12H2,1-2H3,(H,23,25)/t14-/m0/s1. The van der Waals surface area contributed by atoms with Crippen molar-refractivity contribution in [1.29, 1.82) is 0 Å². The first-order chi connectivity index (χ1) is 13.9. The van der Waals surface area contributed by atoms with Crippen molar-refractivity contribution in [3.05, 3.63) is 77.4 Å². The Kier molecular flexibility index (Phi) is 6.66. The van der Waals surface area contributed by atoms with E-state index in [0.29, 0.717) is 27.7 Å². The molecule has 0 radical (unpaired) electrons. The van der Waals surface area contributed by atoms with Gasteiger partial charge in [0.05, 0.1) is 11.3 Å². The van der Waals surface area contributed by atoms with E-state index in [0.717, 1.165) is 5.69 Å². The highest BCUT2D eigenvalue weighted by Gasteiger charge is 2.21. The van der Waals surface area contributed by atoms with Gasteiger partial charge in [-0.15, -0.1) is 11.8 Å². The van der Waals surface area contributed by atoms with E-state index in [1.807, 2.05) is 19.1 Å². The number of carbonyl (C=O) groups is 2. The van der Waals surface area contributed by atoms with E-state index in [1.54, 1.807) is 18.2 Å². The summed E-state index contributed by atoms with van der Waals surface area (Å²) in [6.45, 7) is 3.29. The molecule has 6 nitrogen and oxygen atoms in total. The van der Waals surface area contributed by atoms with Crippen LogP contribution in [0.2, 0.25) is 0 Å². The zero-order chi connectivity index (χ0) is 20.8. The minimum absolute atomic E-state index is 0.360. The van der Waals surface area contributed by atoms with Crippen LogP contribution in [-0.2, 0) is 15.3 Å². The minimum atomic E-state index is -1.02. The maximum absolute atomic E-state index is 13.0. The van der Waals surface area contributed by atoms with Crippen LogP contribution in [0.15, 0.2) is 64.0 Å². The van der Waals surface area contributed by atoms with Crippen molar-refractivity contribution in [2.75, 3.05) is 5.32 Å². The van der Waals surface area contributed by atoms with Crippen molar-refractivity contribution in [3.8, 4) is 0 Å². The van der Waals surface area contributed by atoms with Crippen LogP contribution in [0.1, 0.15) is 28.7 Å². The lowest BCUT2D eigenvalue weighted by atomic mass is 10.2. The van der Waals surface area contributed by atoms with Crippen LogP contribution in [0, 0.1) is 12.7 Å². The molecule has 0 aliphatic rings. The third-order valence-corrected chi connectivity index (χ3v) is 5.03. The van der Waals surface area contributed by atoms with E-state index in [-0.39, 0.29) is 0 Å². The van der Waals surface area contributed by atoms with Gasteiger partial charge in [-0.25, -0.2) is 9.18 Å². The van der Waals surface area contributed by atoms with Crippen molar-refractivity contribution in [2.45, 2.75) is 30.6 Å². The number of esters is 1. The zero-order valence-electron chi connectivity index (χ0n) is 15.8. The van der Waals surface area contributed by atoms with Gasteiger partial charge in [-0.05, 0) is 50.2 Å². The number of benzene rings is 2. The molecular weight excluding hydrogens is 395 g/mol. The van der Waals surface area contributed by atoms with E-state index in [9.17, 15) is 14.0 Å². The van der Waals surface area contributed by atoms with Gasteiger partial charge in [0.2, 0.25) is 0 Å². The predicted octanol–water partition coefficient (Wildman–Crippen LogP) is 4.60. The van der Waals surface area contributed by atoms with Crippen molar-refractivity contribution in [1.82, 2.24) is 5.16 Å². The quantitative estimate of drug-likeness (QED) is 0.450. The first-order valence-electron chi connectivity index (χ1n) is 8.84. The third-order valence-electron chi connectivity index (χ3n) is 3.92. The number of aromatic nitrogens is 1. The molecule has 1 atom stereocenters. The molecule has 29 heavy (non-hydrogen) atoms. The van der Waals surface area contributed by atoms with Crippen LogP contribution in [0.5, 0.6) is 0 Å². The number of thioether (sulfide) groups is 1. The van der Waals surface area contributed by atoms with Gasteiger partial charge in [0.25, 0.3) is 5.91 Å². The summed E-state index contributed by atoms with van der Waals surface area (Å²) in [4.78, 5) is 25.6. The van der Waals surface area contributed by atoms with Crippen LogP contribution < -0.4 is 5.32 Å². The van der Waals surface area contributed by atoms with Gasteiger partial charge in [-0.2, -0.15) is 0 Å². The molecule has 1 N–H and O–H groups in total. The van der Waals surface area contributed by atoms with Gasteiger partial charge in [-0.3, -0.25) is 4.79 Å². The Labute approximate surface area is 171 Å². The Morgan fingerprint density at radius 1 is 1.21 bits per heavy atom. The van der Waals surface area contributed by atoms with Crippen LogP contribution in [0.3, 0.4) is 0 Å². The fourth-order valence-electron chi connectivity index (χ4n) is 2.45. The van der Waals surface area contributed by atoms with Gasteiger partial charge in [0.1, 0.15) is 11.6 Å². The Morgan fingerprint density at radius 2 is 1.93 bits per heavy atom. The van der Waals surface area contributed by atoms with Gasteiger partial charge in [0.15, 0.2) is 6.10 Å². The number of ether oxygens (including phenoxy) is 1. The molecule has 0 saturated carbocycles. The highest BCUT2D eigenvalue weighted by molar-refractivity contribution is 7.98. The van der Waals surface area contributed by atoms with Crippen LogP contribution in [0.4, 0.5) is 10.1 Å². The van der Waals surface area contributed by atoms with Crippen molar-refractivity contribution in [2.24, 2.45) is 0 Å². The first kappa shape index (κ1) is 20.6. The number of halogens is 1. The predicted molar refractivity (Wildman–Crippen MR) is 107 cm³/mol. The van der Waals surface area contributed by atoms with Crippen LogP contribution in [-0.4, -0.2) is 23.1 Å². The SMILES string of the molecule is Cc1cc(CSc2ccccc2C(=O)O[C@@H](C)C(=O)Nc2ccc(F)cc2)no1. The molecule has 150 valence electrons. The summed E-state index contributed by atoms with van der Waals surface area (Å²) in [7, 11) is 0. The fourth-order valence-corrected chi connectivity index (χ4v) is 3.37. The molecular formula is C21H19FN2O4S. The summed E-state index contributed by atoms with van der Waals surface area (Å²) < 4.78 is 23.3. The topological polar surface area (TPSA) is 81.4 Å². The van der Waals surface area contributed by atoms with Gasteiger partial charge in [-0.1, -0.05) is 17.3 Å². The molecule has 3 aromatic rings. The second-order valence-electron chi connectivity index (χ2n) is 6.26. The summed E-state index contributed by atoms with van der Waals surface area (Å²) in [5, 5.41) is 6.52. The molecule has 1 amide bonds. The van der Waals surface area contributed by atoms with Crippen molar-refractivity contribution in [3.63, 3.8) is 0 Å². The number of hydrogen-bond donors (Lipinski definition) is 1. The van der Waals surface area contributed by atoms with E-state index in [2.05, 4.69) is 10.5 Å². The molecule has 0 fully saturated rings. The third kappa shape index (κ3) is 5.68. The maximum Gasteiger partial charge on any atom is 0.340 e. The maximum atomic E-state index is 13.0. The zero-order valence-corrected chi connectivity index (χ0v) is 16.7. The Balaban J connectivity index is 1.62. The molecule has 0 aliphatic heterocycles. The summed E-state index contributed by atoms with van der Waals surface area (Å²) in [5.74, 6) is -0.270. The molecule has 1 heterocycles. The summed E-state index contributed by atoms with van der Waals surface area (Å²) in [6, 6.07) is 14.1. The number of nitrogens with zero attached hydrogens (tertiary/aromatic N) is 1. The average molecular weight is 414 g/mol. The second kappa shape index (κ2) is 9.38. The Hall–Kier alpha value is -3.13. The highest BCUT2D eigenvalue weighted by atomic mass is 32.2. The number of rotatable bonds is 7. The lowest BCUT2D eigenvalue weighted by Crippen LogP contribution is -2.30. The molecule has 8 heteroatoms. The Bertz CT molecular complexity index is 1000. The molecule has 0 saturated heterocycles. The molecule has 0 unspecified atom stereocenters. The number of nitrogens with one attached hydrogen (secondary N) is 1. The van der Waals surface area contributed by atoms with Gasteiger partial charge in [0, 0.05) is 22.4 Å². The lowest BCUT2D eigenvalue weighted by molar-refractivity contribution is -0.123. The van der Waals surface area contributed by atoms with Crippen LogP contribution >= 0.6 is 11.8 Å². The van der Waals surface area contributed by atoms with Gasteiger partial charge < -0.3 is 14.6 Å². The number of amides is 1. The summed E-state index contributed by atoms with van der Waals surface area (Å²) in [6.07, 6.45) is -1.02. The monoisotopic (exact) mass is 414 g/mol. The smallest absolute Gasteiger partial charge is 0.340 e. The van der Waals surface area contributed by atoms with Gasteiger partial charge >= 0.3 is 5.97 Å². The van der Waals surface area contributed by atoms with Crippen molar-refractivity contribution < 1.29 is 23.2 Å². The lowest BCUT2D eigenvalue weighted by Gasteiger charge is -2.15. The minimum Gasteiger partial charge on any atom is -0.449 e. The number of aryl methyl sites for hydroxylation is 1. The average Bonchev–Trinajstić information content (AvgIpc) is 3.13. The second-order valence-corrected chi connectivity index (χ2v) is 7.27. The molecule has 0 aliphatic carbocycles. The van der Waals surface area contributed by atoms with E-state index >= 15 is 0 Å². The summed E-state index contributed by atoms with van der Waals surface area (Å²) >= 11 is 1.42. The number of carbonyl (C=O) groups excluding carboxylic acids is 2. The van der Waals surface area contributed by atoms with E-state index in [1.165, 1.54) is 43.0 Å². The first-order valence-corrected chi connectivity index (χ1v) is 9.82. The van der Waals surface area contributed by atoms with E-state index in [4.69, 9.17) is 9.26 Å². The fraction of sp³-hybridized carbons (Fsp3) is 0.190. The van der Waals surface area contributed by atoms with Crippen molar-refractivity contribution >= 4 is 29.3 Å². The van der Waals surface area contributed by atoms with E-state index < -0.39 is 23.8 Å². The molecule has 1 aromatic heterocycles. The highest BCUT2D eigenvalue weighted by Crippen LogP contribution is 2.27. The van der Waals surface area contributed by atoms with Crippen LogP contribution in [0.25, 0.3) is 0 Å². The number of anilines is 1. The summed E-state index contributed by atoms with van der Waals surface area (Å²) in [5.41, 5.74) is 1.54. The molecule has 2 aromatic carbocycles. The largest absolute Gasteiger partial charge is 0.449 e. The molecule has 0 bridgehead atoms. The normalized spacial score (nSPS) is 11.7. The molecule has 3 rings (SSSR count). The molecule has 0 spiro atoms.